The molecule has 0 aliphatic carbocycles. The first-order chi connectivity index (χ1) is 10.9. The van der Waals surface area contributed by atoms with Crippen molar-refractivity contribution in [2.24, 2.45) is 0 Å². The highest BCUT2D eigenvalue weighted by molar-refractivity contribution is 9.10. The molecule has 2 rings (SSSR count). The Balaban J connectivity index is 0.00000288. The summed E-state index contributed by atoms with van der Waals surface area (Å²) < 4.78 is 43.0. The van der Waals surface area contributed by atoms with E-state index in [2.05, 4.69) is 30.9 Å². The van der Waals surface area contributed by atoms with Crippen molar-refractivity contribution in [2.45, 2.75) is 25.2 Å². The number of hydrogen-bond acceptors (Lipinski definition) is 4. The number of aliphatic hydroxyl groups is 1. The Hall–Kier alpha value is -0.540. The van der Waals surface area contributed by atoms with Crippen molar-refractivity contribution >= 4 is 28.3 Å². The van der Waals surface area contributed by atoms with Gasteiger partial charge in [0.2, 0.25) is 0 Å². The van der Waals surface area contributed by atoms with Crippen LogP contribution in [0.4, 0.5) is 13.2 Å². The smallest absolute Gasteiger partial charge is 0.405 e. The van der Waals surface area contributed by atoms with E-state index < -0.39 is 6.36 Å². The standard InChI is InChI=1S/C15H20BrF3N2O2.ClH/c16-11-3-4-14(23-15(17,18)19)12(10-11)13(2-1-9-22)21-7-5-20-6-8-21;/h3-4,10,13,20,22H,1-2,5-9H2;1H/t13-;/m1./s1. The van der Waals surface area contributed by atoms with Crippen LogP contribution >= 0.6 is 28.3 Å². The normalized spacial score (nSPS) is 17.2. The molecule has 0 amide bonds. The lowest BCUT2D eigenvalue weighted by Crippen LogP contribution is -2.45. The first-order valence-corrected chi connectivity index (χ1v) is 8.31. The average molecular weight is 434 g/mol. The summed E-state index contributed by atoms with van der Waals surface area (Å²) >= 11 is 3.32. The fraction of sp³-hybridized carbons (Fsp3) is 0.600. The average Bonchev–Trinajstić information content (AvgIpc) is 2.50. The highest BCUT2D eigenvalue weighted by Gasteiger charge is 2.34. The second kappa shape index (κ2) is 9.82. The molecule has 0 aromatic heterocycles. The predicted molar refractivity (Wildman–Crippen MR) is 91.6 cm³/mol. The van der Waals surface area contributed by atoms with Gasteiger partial charge in [-0.05, 0) is 31.0 Å². The molecule has 0 saturated carbocycles. The lowest BCUT2D eigenvalue weighted by molar-refractivity contribution is -0.275. The number of aliphatic hydroxyl groups excluding tert-OH is 1. The lowest BCUT2D eigenvalue weighted by Gasteiger charge is -2.36. The number of rotatable bonds is 6. The molecule has 4 nitrogen and oxygen atoms in total. The highest BCUT2D eigenvalue weighted by atomic mass is 79.9. The van der Waals surface area contributed by atoms with Crippen LogP contribution in [0.2, 0.25) is 0 Å². The summed E-state index contributed by atoms with van der Waals surface area (Å²) in [4.78, 5) is 2.14. The Labute approximate surface area is 153 Å². The van der Waals surface area contributed by atoms with E-state index in [-0.39, 0.29) is 30.8 Å². The minimum Gasteiger partial charge on any atom is -0.405 e. The summed E-state index contributed by atoms with van der Waals surface area (Å²) in [6.07, 6.45) is -3.64. The summed E-state index contributed by atoms with van der Waals surface area (Å²) in [5, 5.41) is 12.3. The monoisotopic (exact) mass is 432 g/mol. The van der Waals surface area contributed by atoms with Gasteiger partial charge in [0.25, 0.3) is 0 Å². The molecule has 24 heavy (non-hydrogen) atoms. The van der Waals surface area contributed by atoms with Gasteiger partial charge in [0.05, 0.1) is 0 Å². The van der Waals surface area contributed by atoms with Gasteiger partial charge in [0.1, 0.15) is 5.75 Å². The molecule has 2 N–H and O–H groups in total. The van der Waals surface area contributed by atoms with Gasteiger partial charge in [-0.2, -0.15) is 0 Å². The van der Waals surface area contributed by atoms with E-state index in [4.69, 9.17) is 5.11 Å². The number of alkyl halides is 3. The van der Waals surface area contributed by atoms with Crippen molar-refractivity contribution in [1.82, 2.24) is 10.2 Å². The molecule has 1 aromatic carbocycles. The molecule has 1 aliphatic heterocycles. The van der Waals surface area contributed by atoms with Gasteiger partial charge in [0.15, 0.2) is 0 Å². The van der Waals surface area contributed by atoms with Crippen molar-refractivity contribution in [3.8, 4) is 5.75 Å². The van der Waals surface area contributed by atoms with E-state index in [1.807, 2.05) is 0 Å². The first kappa shape index (κ1) is 21.5. The minimum absolute atomic E-state index is 0. The van der Waals surface area contributed by atoms with Crippen LogP contribution in [0.1, 0.15) is 24.4 Å². The molecule has 1 atom stereocenters. The third-order valence-electron chi connectivity index (χ3n) is 3.78. The Bertz CT molecular complexity index is 514. The molecule has 1 aliphatic rings. The van der Waals surface area contributed by atoms with Gasteiger partial charge >= 0.3 is 6.36 Å². The summed E-state index contributed by atoms with van der Waals surface area (Å²) in [6.45, 7) is 3.08. The van der Waals surface area contributed by atoms with Crippen LogP contribution in [0.3, 0.4) is 0 Å². The van der Waals surface area contributed by atoms with Crippen molar-refractivity contribution in [3.05, 3.63) is 28.2 Å². The molecule has 0 radical (unpaired) electrons. The molecule has 1 saturated heterocycles. The van der Waals surface area contributed by atoms with Crippen molar-refractivity contribution in [2.75, 3.05) is 32.8 Å². The van der Waals surface area contributed by atoms with Crippen molar-refractivity contribution < 1.29 is 23.0 Å². The second-order valence-corrected chi connectivity index (χ2v) is 6.31. The molecule has 1 heterocycles. The van der Waals surface area contributed by atoms with Gasteiger partial charge in [-0.3, -0.25) is 4.90 Å². The number of halogens is 5. The Morgan fingerprint density at radius 3 is 2.54 bits per heavy atom. The fourth-order valence-corrected chi connectivity index (χ4v) is 3.19. The van der Waals surface area contributed by atoms with Crippen LogP contribution in [0.15, 0.2) is 22.7 Å². The van der Waals surface area contributed by atoms with Gasteiger partial charge in [-0.1, -0.05) is 15.9 Å². The van der Waals surface area contributed by atoms with Gasteiger partial charge < -0.3 is 15.2 Å². The van der Waals surface area contributed by atoms with Crippen molar-refractivity contribution in [3.63, 3.8) is 0 Å². The lowest BCUT2D eigenvalue weighted by atomic mass is 9.98. The van der Waals surface area contributed by atoms with Crippen LogP contribution in [-0.4, -0.2) is 49.2 Å². The van der Waals surface area contributed by atoms with Crippen LogP contribution in [0, 0.1) is 0 Å². The maximum absolute atomic E-state index is 12.7. The van der Waals surface area contributed by atoms with Gasteiger partial charge in [-0.15, -0.1) is 25.6 Å². The number of hydrogen-bond donors (Lipinski definition) is 2. The van der Waals surface area contributed by atoms with Crippen molar-refractivity contribution in [1.29, 1.82) is 0 Å². The molecule has 0 unspecified atom stereocenters. The molecule has 9 heteroatoms. The molecule has 138 valence electrons. The van der Waals surface area contributed by atoms with E-state index in [0.29, 0.717) is 22.9 Å². The zero-order valence-electron chi connectivity index (χ0n) is 13.0. The van der Waals surface area contributed by atoms with E-state index in [0.717, 1.165) is 26.2 Å². The predicted octanol–water partition coefficient (Wildman–Crippen LogP) is 3.49. The largest absolute Gasteiger partial charge is 0.573 e. The van der Waals surface area contributed by atoms with E-state index in [1.165, 1.54) is 12.1 Å². The Morgan fingerprint density at radius 2 is 1.96 bits per heavy atom. The van der Waals surface area contributed by atoms with E-state index in [1.54, 1.807) is 6.07 Å². The van der Waals surface area contributed by atoms with Gasteiger partial charge in [0, 0.05) is 48.9 Å². The first-order valence-electron chi connectivity index (χ1n) is 7.51. The second-order valence-electron chi connectivity index (χ2n) is 5.40. The van der Waals surface area contributed by atoms with E-state index >= 15 is 0 Å². The number of nitrogens with zero attached hydrogens (tertiary/aromatic N) is 1. The fourth-order valence-electron chi connectivity index (χ4n) is 2.81. The summed E-state index contributed by atoms with van der Waals surface area (Å²) in [7, 11) is 0. The maximum Gasteiger partial charge on any atom is 0.573 e. The zero-order valence-corrected chi connectivity index (χ0v) is 15.4. The minimum atomic E-state index is -4.73. The van der Waals surface area contributed by atoms with Crippen LogP contribution in [-0.2, 0) is 0 Å². The third kappa shape index (κ3) is 6.40. The topological polar surface area (TPSA) is 44.7 Å². The summed E-state index contributed by atoms with van der Waals surface area (Å²) in [6, 6.07) is 4.32. The molecular weight excluding hydrogens is 413 g/mol. The molecule has 0 bridgehead atoms. The Morgan fingerprint density at radius 1 is 1.29 bits per heavy atom. The number of piperazine rings is 1. The molecular formula is C15H21BrClF3N2O2. The molecule has 1 fully saturated rings. The maximum atomic E-state index is 12.7. The summed E-state index contributed by atoms with van der Waals surface area (Å²) in [5.74, 6) is -0.179. The van der Waals surface area contributed by atoms with Gasteiger partial charge in [-0.25, -0.2) is 0 Å². The number of ether oxygens (including phenoxy) is 1. The van der Waals surface area contributed by atoms with Crippen LogP contribution in [0.25, 0.3) is 0 Å². The quantitative estimate of drug-likeness (QED) is 0.721. The molecule has 1 aromatic rings. The Kier molecular flexibility index (Phi) is 8.80. The highest BCUT2D eigenvalue weighted by Crippen LogP contribution is 2.37. The molecule has 0 spiro atoms. The number of benzene rings is 1. The van der Waals surface area contributed by atoms with Crippen LogP contribution < -0.4 is 10.1 Å². The van der Waals surface area contributed by atoms with Crippen LogP contribution in [0.5, 0.6) is 5.75 Å². The number of nitrogens with one attached hydrogen (secondary N) is 1. The summed E-state index contributed by atoms with van der Waals surface area (Å²) in [5.41, 5.74) is 0.493. The third-order valence-corrected chi connectivity index (χ3v) is 4.28. The van der Waals surface area contributed by atoms with E-state index in [9.17, 15) is 13.2 Å². The zero-order chi connectivity index (χ0) is 16.9. The SMILES string of the molecule is Cl.OCCC[C@H](c1cc(Br)ccc1OC(F)(F)F)N1CCNCC1.